The lowest BCUT2D eigenvalue weighted by Gasteiger charge is -2.29. The van der Waals surface area contributed by atoms with Gasteiger partial charge < -0.3 is 10.1 Å². The molecule has 0 spiro atoms. The Morgan fingerprint density at radius 2 is 2.10 bits per heavy atom. The normalized spacial score (nSPS) is 22.6. The predicted octanol–water partition coefficient (Wildman–Crippen LogP) is 3.50. The van der Waals surface area contributed by atoms with Gasteiger partial charge in [0.05, 0.1) is 6.61 Å². The first-order chi connectivity index (χ1) is 9.51. The van der Waals surface area contributed by atoms with Gasteiger partial charge in [0.1, 0.15) is 0 Å². The highest BCUT2D eigenvalue weighted by Crippen LogP contribution is 2.33. The fourth-order valence-corrected chi connectivity index (χ4v) is 3.01. The minimum atomic E-state index is 0.285. The summed E-state index contributed by atoms with van der Waals surface area (Å²) in [5.41, 5.74) is 4.54. The lowest BCUT2D eigenvalue weighted by Crippen LogP contribution is -2.38. The number of nitrogens with one attached hydrogen (secondary N) is 1. The standard InChI is InChI=1S/C18H29NO/c1-14(2)11-19-12-18(7-8-20-13-18)10-17-9-15(3)5-6-16(17)4/h5-6,9,14,19H,7-8,10-13H2,1-4H3. The van der Waals surface area contributed by atoms with E-state index < -0.39 is 0 Å². The van der Waals surface area contributed by atoms with E-state index in [2.05, 4.69) is 51.2 Å². The Balaban J connectivity index is 2.06. The maximum absolute atomic E-state index is 5.72. The van der Waals surface area contributed by atoms with Gasteiger partial charge in [0, 0.05) is 18.6 Å². The highest BCUT2D eigenvalue weighted by molar-refractivity contribution is 5.31. The molecule has 1 aliphatic heterocycles. The van der Waals surface area contributed by atoms with Crippen molar-refractivity contribution in [3.05, 3.63) is 34.9 Å². The van der Waals surface area contributed by atoms with Crippen molar-refractivity contribution in [1.29, 1.82) is 0 Å². The minimum absolute atomic E-state index is 0.285. The average molecular weight is 275 g/mol. The summed E-state index contributed by atoms with van der Waals surface area (Å²) < 4.78 is 5.72. The van der Waals surface area contributed by atoms with Crippen molar-refractivity contribution in [2.45, 2.75) is 40.5 Å². The zero-order valence-electron chi connectivity index (χ0n) is 13.5. The van der Waals surface area contributed by atoms with Crippen LogP contribution in [0.15, 0.2) is 18.2 Å². The summed E-state index contributed by atoms with van der Waals surface area (Å²) in [5.74, 6) is 0.704. The highest BCUT2D eigenvalue weighted by atomic mass is 16.5. The third-order valence-electron chi connectivity index (χ3n) is 4.31. The van der Waals surface area contributed by atoms with E-state index in [1.807, 2.05) is 0 Å². The quantitative estimate of drug-likeness (QED) is 0.858. The second-order valence-corrected chi connectivity index (χ2v) is 6.93. The molecule has 20 heavy (non-hydrogen) atoms. The highest BCUT2D eigenvalue weighted by Gasteiger charge is 2.35. The van der Waals surface area contributed by atoms with E-state index in [1.165, 1.54) is 23.1 Å². The maximum atomic E-state index is 5.72. The van der Waals surface area contributed by atoms with E-state index in [4.69, 9.17) is 4.74 Å². The van der Waals surface area contributed by atoms with Gasteiger partial charge in [-0.3, -0.25) is 0 Å². The second-order valence-electron chi connectivity index (χ2n) is 6.93. The van der Waals surface area contributed by atoms with Crippen LogP contribution in [0, 0.1) is 25.2 Å². The molecule has 0 aromatic heterocycles. The van der Waals surface area contributed by atoms with Crippen molar-refractivity contribution in [3.63, 3.8) is 0 Å². The SMILES string of the molecule is Cc1ccc(C)c(CC2(CNCC(C)C)CCOC2)c1. The summed E-state index contributed by atoms with van der Waals surface area (Å²) in [7, 11) is 0. The Labute approximate surface area is 123 Å². The van der Waals surface area contributed by atoms with E-state index in [0.717, 1.165) is 32.7 Å². The molecule has 1 saturated heterocycles. The molecule has 1 atom stereocenters. The first kappa shape index (κ1) is 15.5. The monoisotopic (exact) mass is 275 g/mol. The van der Waals surface area contributed by atoms with Crippen molar-refractivity contribution in [2.75, 3.05) is 26.3 Å². The molecule has 1 aliphatic rings. The number of rotatable bonds is 6. The van der Waals surface area contributed by atoms with Gasteiger partial charge in [-0.15, -0.1) is 0 Å². The zero-order valence-corrected chi connectivity index (χ0v) is 13.5. The number of hydrogen-bond donors (Lipinski definition) is 1. The number of aryl methyl sites for hydroxylation is 2. The van der Waals surface area contributed by atoms with Gasteiger partial charge >= 0.3 is 0 Å². The van der Waals surface area contributed by atoms with Crippen molar-refractivity contribution in [1.82, 2.24) is 5.32 Å². The summed E-state index contributed by atoms with van der Waals surface area (Å²) in [6.45, 7) is 12.9. The lowest BCUT2D eigenvalue weighted by molar-refractivity contribution is 0.148. The van der Waals surface area contributed by atoms with Crippen LogP contribution in [0.2, 0.25) is 0 Å². The van der Waals surface area contributed by atoms with Gasteiger partial charge in [0.2, 0.25) is 0 Å². The van der Waals surface area contributed by atoms with Crippen LogP contribution in [0.3, 0.4) is 0 Å². The fourth-order valence-electron chi connectivity index (χ4n) is 3.01. The van der Waals surface area contributed by atoms with Crippen LogP contribution in [0.5, 0.6) is 0 Å². The molecule has 0 radical (unpaired) electrons. The summed E-state index contributed by atoms with van der Waals surface area (Å²) in [6.07, 6.45) is 2.30. The van der Waals surface area contributed by atoms with Crippen LogP contribution in [0.25, 0.3) is 0 Å². The largest absolute Gasteiger partial charge is 0.381 e. The third kappa shape index (κ3) is 4.07. The van der Waals surface area contributed by atoms with E-state index in [1.54, 1.807) is 0 Å². The Kier molecular flexibility index (Phi) is 5.22. The average Bonchev–Trinajstić information content (AvgIpc) is 2.82. The Bertz CT molecular complexity index is 433. The van der Waals surface area contributed by atoms with Gasteiger partial charge in [-0.25, -0.2) is 0 Å². The minimum Gasteiger partial charge on any atom is -0.381 e. The van der Waals surface area contributed by atoms with Crippen LogP contribution in [0.4, 0.5) is 0 Å². The van der Waals surface area contributed by atoms with E-state index >= 15 is 0 Å². The van der Waals surface area contributed by atoms with Crippen LogP contribution >= 0.6 is 0 Å². The molecule has 2 rings (SSSR count). The molecule has 1 unspecified atom stereocenters. The summed E-state index contributed by atoms with van der Waals surface area (Å²) in [6, 6.07) is 6.79. The molecule has 2 heteroatoms. The smallest absolute Gasteiger partial charge is 0.0538 e. The van der Waals surface area contributed by atoms with Gasteiger partial charge in [-0.2, -0.15) is 0 Å². The second kappa shape index (κ2) is 6.73. The summed E-state index contributed by atoms with van der Waals surface area (Å²) in [5, 5.41) is 3.64. The molecule has 1 fully saturated rings. The molecule has 112 valence electrons. The topological polar surface area (TPSA) is 21.3 Å². The zero-order chi connectivity index (χ0) is 14.6. The first-order valence-electron chi connectivity index (χ1n) is 7.85. The molecule has 2 nitrogen and oxygen atoms in total. The molecular formula is C18H29NO. The van der Waals surface area contributed by atoms with Crippen LogP contribution < -0.4 is 5.32 Å². The van der Waals surface area contributed by atoms with Crippen molar-refractivity contribution in [3.8, 4) is 0 Å². The summed E-state index contributed by atoms with van der Waals surface area (Å²) >= 11 is 0. The van der Waals surface area contributed by atoms with Crippen molar-refractivity contribution < 1.29 is 4.74 Å². The van der Waals surface area contributed by atoms with E-state index in [-0.39, 0.29) is 5.41 Å². The molecule has 0 bridgehead atoms. The molecule has 1 aromatic carbocycles. The fraction of sp³-hybridized carbons (Fsp3) is 0.667. The van der Waals surface area contributed by atoms with Crippen LogP contribution in [-0.2, 0) is 11.2 Å². The molecule has 1 heterocycles. The molecule has 0 amide bonds. The lowest BCUT2D eigenvalue weighted by atomic mass is 9.79. The molecule has 1 aromatic rings. The van der Waals surface area contributed by atoms with Crippen LogP contribution in [0.1, 0.15) is 37.0 Å². The van der Waals surface area contributed by atoms with Crippen LogP contribution in [-0.4, -0.2) is 26.3 Å². The number of hydrogen-bond acceptors (Lipinski definition) is 2. The molecule has 0 aliphatic carbocycles. The third-order valence-corrected chi connectivity index (χ3v) is 4.31. The van der Waals surface area contributed by atoms with Gasteiger partial charge in [-0.05, 0) is 50.3 Å². The molecule has 1 N–H and O–H groups in total. The predicted molar refractivity (Wildman–Crippen MR) is 85.2 cm³/mol. The Morgan fingerprint density at radius 1 is 1.30 bits per heavy atom. The Morgan fingerprint density at radius 3 is 2.75 bits per heavy atom. The Hall–Kier alpha value is -0.860. The molecular weight excluding hydrogens is 246 g/mol. The first-order valence-corrected chi connectivity index (χ1v) is 7.85. The molecule has 0 saturated carbocycles. The number of benzene rings is 1. The van der Waals surface area contributed by atoms with E-state index in [0.29, 0.717) is 5.92 Å². The summed E-state index contributed by atoms with van der Waals surface area (Å²) in [4.78, 5) is 0. The van der Waals surface area contributed by atoms with Crippen molar-refractivity contribution in [2.24, 2.45) is 11.3 Å². The van der Waals surface area contributed by atoms with Gasteiger partial charge in [0.25, 0.3) is 0 Å². The van der Waals surface area contributed by atoms with E-state index in [9.17, 15) is 0 Å². The van der Waals surface area contributed by atoms with Gasteiger partial charge in [0.15, 0.2) is 0 Å². The van der Waals surface area contributed by atoms with Crippen molar-refractivity contribution >= 4 is 0 Å². The number of ether oxygens (including phenoxy) is 1. The maximum Gasteiger partial charge on any atom is 0.0538 e. The van der Waals surface area contributed by atoms with Gasteiger partial charge in [-0.1, -0.05) is 37.6 Å².